The molecular formula is C19H18N2O. The first-order valence-electron chi connectivity index (χ1n) is 7.60. The smallest absolute Gasteiger partial charge is 0.129 e. The number of ether oxygens (including phenoxy) is 1. The van der Waals surface area contributed by atoms with Crippen molar-refractivity contribution in [3.05, 3.63) is 65.7 Å². The number of rotatable bonds is 2. The molecular weight excluding hydrogens is 272 g/mol. The molecule has 0 N–H and O–H groups in total. The normalized spacial score (nSPS) is 14.0. The zero-order valence-corrected chi connectivity index (χ0v) is 12.6. The maximum absolute atomic E-state index is 5.34. The van der Waals surface area contributed by atoms with E-state index in [0.29, 0.717) is 0 Å². The van der Waals surface area contributed by atoms with Gasteiger partial charge in [0.2, 0.25) is 0 Å². The number of aromatic nitrogens is 1. The van der Waals surface area contributed by atoms with Crippen molar-refractivity contribution in [2.75, 3.05) is 18.6 Å². The molecule has 0 spiro atoms. The summed E-state index contributed by atoms with van der Waals surface area (Å²) in [6.45, 7) is 1.89. The van der Waals surface area contributed by atoms with Gasteiger partial charge in [-0.1, -0.05) is 24.3 Å². The molecule has 2 aromatic carbocycles. The molecule has 2 heterocycles. The lowest BCUT2D eigenvalue weighted by Gasteiger charge is -2.30. The highest BCUT2D eigenvalue weighted by Crippen LogP contribution is 2.27. The zero-order valence-electron chi connectivity index (χ0n) is 12.6. The fourth-order valence-corrected chi connectivity index (χ4v) is 3.09. The van der Waals surface area contributed by atoms with Crippen LogP contribution in [-0.4, -0.2) is 18.6 Å². The second-order valence-electron chi connectivity index (χ2n) is 5.67. The molecule has 1 aliphatic heterocycles. The molecule has 22 heavy (non-hydrogen) atoms. The van der Waals surface area contributed by atoms with E-state index in [9.17, 15) is 0 Å². The van der Waals surface area contributed by atoms with E-state index in [2.05, 4.69) is 41.3 Å². The second kappa shape index (κ2) is 5.34. The summed E-state index contributed by atoms with van der Waals surface area (Å²) >= 11 is 0. The number of para-hydroxylation sites is 1. The third kappa shape index (κ3) is 2.29. The van der Waals surface area contributed by atoms with Crippen molar-refractivity contribution < 1.29 is 4.74 Å². The quantitative estimate of drug-likeness (QED) is 0.717. The van der Waals surface area contributed by atoms with E-state index in [1.807, 2.05) is 18.2 Å². The van der Waals surface area contributed by atoms with E-state index in [4.69, 9.17) is 9.72 Å². The van der Waals surface area contributed by atoms with E-state index in [1.165, 1.54) is 16.5 Å². The van der Waals surface area contributed by atoms with Crippen LogP contribution in [0.25, 0.3) is 10.9 Å². The molecule has 0 radical (unpaired) electrons. The first-order chi connectivity index (χ1) is 10.8. The number of anilines is 1. The molecule has 0 atom stereocenters. The van der Waals surface area contributed by atoms with Crippen LogP contribution < -0.4 is 9.64 Å². The van der Waals surface area contributed by atoms with E-state index in [0.717, 1.165) is 36.6 Å². The van der Waals surface area contributed by atoms with Gasteiger partial charge in [0.15, 0.2) is 0 Å². The number of hydrogen-bond donors (Lipinski definition) is 0. The molecule has 1 aromatic heterocycles. The number of benzene rings is 2. The van der Waals surface area contributed by atoms with Crippen molar-refractivity contribution in [2.24, 2.45) is 0 Å². The van der Waals surface area contributed by atoms with Crippen LogP contribution in [0.15, 0.2) is 54.6 Å². The van der Waals surface area contributed by atoms with Gasteiger partial charge in [-0.15, -0.1) is 0 Å². The molecule has 3 aromatic rings. The molecule has 110 valence electrons. The Morgan fingerprint density at radius 3 is 2.82 bits per heavy atom. The van der Waals surface area contributed by atoms with Gasteiger partial charge in [-0.25, -0.2) is 4.98 Å². The molecule has 1 aliphatic rings. The van der Waals surface area contributed by atoms with E-state index < -0.39 is 0 Å². The third-order valence-corrected chi connectivity index (χ3v) is 4.33. The maximum atomic E-state index is 5.34. The Morgan fingerprint density at radius 2 is 1.91 bits per heavy atom. The Balaban J connectivity index is 1.67. The molecule has 0 saturated heterocycles. The number of nitrogens with zero attached hydrogens (tertiary/aromatic N) is 2. The molecule has 0 amide bonds. The predicted octanol–water partition coefficient (Wildman–Crippen LogP) is 3.81. The summed E-state index contributed by atoms with van der Waals surface area (Å²) in [4.78, 5) is 7.15. The Kier molecular flexibility index (Phi) is 3.19. The van der Waals surface area contributed by atoms with Gasteiger partial charge in [0.25, 0.3) is 0 Å². The number of hydrogen-bond acceptors (Lipinski definition) is 3. The molecule has 0 unspecified atom stereocenters. The Bertz CT molecular complexity index is 829. The zero-order chi connectivity index (χ0) is 14.9. The van der Waals surface area contributed by atoms with Crippen molar-refractivity contribution in [3.63, 3.8) is 0 Å². The standard InChI is InChI=1S/C19H18N2O/c1-22-17-8-6-14-10-11-21(13-16(14)12-17)19-9-7-15-4-2-3-5-18(15)20-19/h2-9,12H,10-11,13H2,1H3. The fraction of sp³-hybridized carbons (Fsp3) is 0.211. The summed E-state index contributed by atoms with van der Waals surface area (Å²) < 4.78 is 5.34. The lowest BCUT2D eigenvalue weighted by molar-refractivity contribution is 0.413. The first kappa shape index (κ1) is 13.1. The number of fused-ring (bicyclic) bond motifs is 2. The van der Waals surface area contributed by atoms with E-state index in [1.54, 1.807) is 7.11 Å². The summed E-state index contributed by atoms with van der Waals surface area (Å²) in [5.41, 5.74) is 3.80. The minimum Gasteiger partial charge on any atom is -0.497 e. The van der Waals surface area contributed by atoms with Crippen LogP contribution in [0.3, 0.4) is 0 Å². The summed E-state index contributed by atoms with van der Waals surface area (Å²) in [5.74, 6) is 1.97. The van der Waals surface area contributed by atoms with Gasteiger partial charge >= 0.3 is 0 Å². The number of methoxy groups -OCH3 is 1. The monoisotopic (exact) mass is 290 g/mol. The first-order valence-corrected chi connectivity index (χ1v) is 7.60. The van der Waals surface area contributed by atoms with Crippen LogP contribution in [0.2, 0.25) is 0 Å². The van der Waals surface area contributed by atoms with Crippen LogP contribution in [0.1, 0.15) is 11.1 Å². The fourth-order valence-electron chi connectivity index (χ4n) is 3.09. The van der Waals surface area contributed by atoms with Crippen molar-refractivity contribution in [1.82, 2.24) is 4.98 Å². The van der Waals surface area contributed by atoms with Crippen LogP contribution in [-0.2, 0) is 13.0 Å². The van der Waals surface area contributed by atoms with Crippen molar-refractivity contribution in [2.45, 2.75) is 13.0 Å². The Morgan fingerprint density at radius 1 is 1.00 bits per heavy atom. The Hall–Kier alpha value is -2.55. The largest absolute Gasteiger partial charge is 0.497 e. The third-order valence-electron chi connectivity index (χ3n) is 4.33. The van der Waals surface area contributed by atoms with Crippen molar-refractivity contribution >= 4 is 16.7 Å². The van der Waals surface area contributed by atoms with E-state index >= 15 is 0 Å². The molecule has 0 bridgehead atoms. The van der Waals surface area contributed by atoms with Gasteiger partial charge < -0.3 is 9.64 Å². The lowest BCUT2D eigenvalue weighted by atomic mass is 9.99. The van der Waals surface area contributed by atoms with Crippen LogP contribution in [0.5, 0.6) is 5.75 Å². The van der Waals surface area contributed by atoms with Crippen LogP contribution in [0, 0.1) is 0 Å². The minimum absolute atomic E-state index is 0.887. The average Bonchev–Trinajstić information content (AvgIpc) is 2.60. The van der Waals surface area contributed by atoms with Gasteiger partial charge in [0.1, 0.15) is 11.6 Å². The second-order valence-corrected chi connectivity index (χ2v) is 5.67. The molecule has 3 nitrogen and oxygen atoms in total. The SMILES string of the molecule is COc1ccc2c(c1)CN(c1ccc3ccccc3n1)CC2. The van der Waals surface area contributed by atoms with Gasteiger partial charge in [0.05, 0.1) is 12.6 Å². The minimum atomic E-state index is 0.887. The van der Waals surface area contributed by atoms with Crippen LogP contribution in [0.4, 0.5) is 5.82 Å². The summed E-state index contributed by atoms with van der Waals surface area (Å²) in [6.07, 6.45) is 1.05. The molecule has 3 heteroatoms. The number of pyridine rings is 1. The average molecular weight is 290 g/mol. The highest BCUT2D eigenvalue weighted by atomic mass is 16.5. The van der Waals surface area contributed by atoms with Crippen molar-refractivity contribution in [3.8, 4) is 5.75 Å². The van der Waals surface area contributed by atoms with Gasteiger partial charge in [0, 0.05) is 18.5 Å². The topological polar surface area (TPSA) is 25.4 Å². The predicted molar refractivity (Wildman–Crippen MR) is 89.5 cm³/mol. The molecule has 0 aliphatic carbocycles. The van der Waals surface area contributed by atoms with Crippen LogP contribution >= 0.6 is 0 Å². The van der Waals surface area contributed by atoms with E-state index in [-0.39, 0.29) is 0 Å². The van der Waals surface area contributed by atoms with Gasteiger partial charge in [-0.05, 0) is 47.9 Å². The maximum Gasteiger partial charge on any atom is 0.129 e. The molecule has 4 rings (SSSR count). The lowest BCUT2D eigenvalue weighted by Crippen LogP contribution is -2.30. The Labute approximate surface area is 130 Å². The molecule has 0 fully saturated rings. The summed E-state index contributed by atoms with van der Waals surface area (Å²) in [6, 6.07) is 18.9. The summed E-state index contributed by atoms with van der Waals surface area (Å²) in [5, 5.41) is 1.19. The summed E-state index contributed by atoms with van der Waals surface area (Å²) in [7, 11) is 1.72. The highest BCUT2D eigenvalue weighted by molar-refractivity contribution is 5.80. The van der Waals surface area contributed by atoms with Gasteiger partial charge in [-0.2, -0.15) is 0 Å². The van der Waals surface area contributed by atoms with Gasteiger partial charge in [-0.3, -0.25) is 0 Å². The van der Waals surface area contributed by atoms with Crippen molar-refractivity contribution in [1.29, 1.82) is 0 Å². The molecule has 0 saturated carbocycles. The highest BCUT2D eigenvalue weighted by Gasteiger charge is 2.18.